The molecule has 10 heteroatoms. The number of nitrogens with zero attached hydrogens (tertiary/aromatic N) is 1. The number of nitro groups is 1. The third-order valence-corrected chi connectivity index (χ3v) is 4.23. The van der Waals surface area contributed by atoms with E-state index in [4.69, 9.17) is 14.2 Å². The molecule has 0 bridgehead atoms. The van der Waals surface area contributed by atoms with Gasteiger partial charge < -0.3 is 24.8 Å². The maximum atomic E-state index is 12.2. The molecule has 0 spiro atoms. The first-order valence-electron chi connectivity index (χ1n) is 8.69. The van der Waals surface area contributed by atoms with Crippen LogP contribution in [0.25, 0.3) is 0 Å². The summed E-state index contributed by atoms with van der Waals surface area (Å²) in [6, 6.07) is 1.27. The van der Waals surface area contributed by atoms with Crippen molar-refractivity contribution in [1.82, 2.24) is 10.6 Å². The highest BCUT2D eigenvalue weighted by molar-refractivity contribution is 5.95. The monoisotopic (exact) mass is 393 g/mol. The second kappa shape index (κ2) is 9.07. The average Bonchev–Trinajstić information content (AvgIpc) is 2.66. The Balaban J connectivity index is 2.59. The predicted octanol–water partition coefficient (Wildman–Crippen LogP) is 2.58. The van der Waals surface area contributed by atoms with Crippen LogP contribution in [0.4, 0.5) is 10.5 Å². The molecule has 0 aromatic heterocycles. The van der Waals surface area contributed by atoms with Crippen molar-refractivity contribution in [2.45, 2.75) is 32.7 Å². The number of hydrogen-bond donors (Lipinski definition) is 2. The van der Waals surface area contributed by atoms with Gasteiger partial charge >= 0.3 is 17.7 Å². The van der Waals surface area contributed by atoms with E-state index in [1.165, 1.54) is 26.4 Å². The van der Waals surface area contributed by atoms with E-state index in [-0.39, 0.29) is 22.8 Å². The molecule has 2 N–H and O–H groups in total. The number of nitro benzene ring substituents is 1. The summed E-state index contributed by atoms with van der Waals surface area (Å²) in [5, 5.41) is 16.7. The highest BCUT2D eigenvalue weighted by Crippen LogP contribution is 2.41. The number of methoxy groups -OCH3 is 2. The number of ether oxygens (including phenoxy) is 3. The molecule has 2 amide bonds. The van der Waals surface area contributed by atoms with Crippen molar-refractivity contribution >= 4 is 17.7 Å². The molecule has 28 heavy (non-hydrogen) atoms. The number of amides is 2. The number of esters is 1. The fourth-order valence-electron chi connectivity index (χ4n) is 2.85. The van der Waals surface area contributed by atoms with Gasteiger partial charge in [-0.05, 0) is 25.0 Å². The summed E-state index contributed by atoms with van der Waals surface area (Å²) in [5.41, 5.74) is 0.407. The largest absolute Gasteiger partial charge is 0.493 e. The summed E-state index contributed by atoms with van der Waals surface area (Å²) in [4.78, 5) is 35.2. The lowest BCUT2D eigenvalue weighted by Crippen LogP contribution is -2.45. The van der Waals surface area contributed by atoms with Crippen LogP contribution in [0.5, 0.6) is 11.5 Å². The second-order valence-electron chi connectivity index (χ2n) is 6.09. The Bertz CT molecular complexity index is 820. The summed E-state index contributed by atoms with van der Waals surface area (Å²) in [6.07, 6.45) is 1.59. The Hall–Kier alpha value is -3.30. The first kappa shape index (κ1) is 21.0. The summed E-state index contributed by atoms with van der Waals surface area (Å²) in [7, 11) is 2.57. The number of urea groups is 1. The van der Waals surface area contributed by atoms with Crippen molar-refractivity contribution in [3.05, 3.63) is 39.1 Å². The molecule has 0 saturated carbocycles. The minimum absolute atomic E-state index is 0.00489. The Morgan fingerprint density at radius 1 is 1.32 bits per heavy atom. The highest BCUT2D eigenvalue weighted by Gasteiger charge is 2.34. The molecule has 1 heterocycles. The lowest BCUT2D eigenvalue weighted by molar-refractivity contribution is -0.386. The molecule has 10 nitrogen and oxygen atoms in total. The van der Waals surface area contributed by atoms with Crippen LogP contribution in [-0.2, 0) is 9.53 Å². The van der Waals surface area contributed by atoms with Crippen LogP contribution >= 0.6 is 0 Å². The van der Waals surface area contributed by atoms with Crippen molar-refractivity contribution in [2.75, 3.05) is 20.8 Å². The van der Waals surface area contributed by atoms with E-state index in [1.54, 1.807) is 6.92 Å². The third kappa shape index (κ3) is 4.33. The van der Waals surface area contributed by atoms with Crippen LogP contribution in [-0.4, -0.2) is 37.8 Å². The lowest BCUT2D eigenvalue weighted by Gasteiger charge is -2.28. The summed E-state index contributed by atoms with van der Waals surface area (Å²) in [5.74, 6) is -0.528. The molecule has 1 aliphatic heterocycles. The number of allylic oxidation sites excluding steroid dienone is 1. The minimum atomic E-state index is -0.946. The van der Waals surface area contributed by atoms with Crippen molar-refractivity contribution < 1.29 is 28.7 Å². The molecular formula is C18H23N3O7. The Kier molecular flexibility index (Phi) is 6.80. The maximum Gasteiger partial charge on any atom is 0.337 e. The smallest absolute Gasteiger partial charge is 0.337 e. The van der Waals surface area contributed by atoms with Gasteiger partial charge in [-0.3, -0.25) is 10.1 Å². The van der Waals surface area contributed by atoms with Gasteiger partial charge in [-0.25, -0.2) is 9.59 Å². The van der Waals surface area contributed by atoms with Gasteiger partial charge in [0.25, 0.3) is 0 Å². The quantitative estimate of drug-likeness (QED) is 0.300. The first-order valence-corrected chi connectivity index (χ1v) is 8.69. The normalized spacial score (nSPS) is 16.1. The van der Waals surface area contributed by atoms with Crippen LogP contribution in [0, 0.1) is 10.1 Å². The molecular weight excluding hydrogens is 370 g/mol. The molecule has 0 radical (unpaired) electrons. The Labute approximate surface area is 162 Å². The highest BCUT2D eigenvalue weighted by atomic mass is 16.6. The number of carbonyl (C=O) groups is 2. The molecule has 1 unspecified atom stereocenters. The van der Waals surface area contributed by atoms with Gasteiger partial charge in [0, 0.05) is 11.8 Å². The van der Waals surface area contributed by atoms with E-state index in [1.807, 2.05) is 6.92 Å². The number of rotatable bonds is 8. The molecule has 152 valence electrons. The van der Waals surface area contributed by atoms with Gasteiger partial charge in [-0.15, -0.1) is 0 Å². The van der Waals surface area contributed by atoms with Gasteiger partial charge in [-0.2, -0.15) is 0 Å². The molecule has 1 aromatic carbocycles. The average molecular weight is 393 g/mol. The van der Waals surface area contributed by atoms with Crippen LogP contribution in [0.2, 0.25) is 0 Å². The molecule has 0 saturated heterocycles. The number of benzene rings is 1. The fraction of sp³-hybridized carbons (Fsp3) is 0.444. The molecule has 1 aliphatic rings. The standard InChI is InChI=1S/C18H23N3O7/c1-5-6-7-28-16-12(21(24)25)8-11(9-13(16)26-3)15-14(17(22)27-4)10(2)19-18(23)20-15/h8-9,15H,5-7H2,1-4H3,(H2,19,20,23). The second-order valence-corrected chi connectivity index (χ2v) is 6.09. The molecule has 2 rings (SSSR count). The minimum Gasteiger partial charge on any atom is -0.493 e. The Morgan fingerprint density at radius 3 is 2.61 bits per heavy atom. The van der Waals surface area contributed by atoms with E-state index >= 15 is 0 Å². The zero-order chi connectivity index (χ0) is 20.8. The van der Waals surface area contributed by atoms with Crippen molar-refractivity contribution in [3.63, 3.8) is 0 Å². The number of nitrogens with one attached hydrogen (secondary N) is 2. The van der Waals surface area contributed by atoms with Crippen LogP contribution < -0.4 is 20.1 Å². The predicted molar refractivity (Wildman–Crippen MR) is 99.2 cm³/mol. The number of hydrogen-bond acceptors (Lipinski definition) is 7. The SMILES string of the molecule is CCCCOc1c(OC)cc(C2NC(=O)NC(C)=C2C(=O)OC)cc1[N+](=O)[O-]. The van der Waals surface area contributed by atoms with Crippen LogP contribution in [0.3, 0.4) is 0 Å². The van der Waals surface area contributed by atoms with Gasteiger partial charge in [0.05, 0.1) is 37.4 Å². The van der Waals surface area contributed by atoms with E-state index in [0.717, 1.165) is 12.8 Å². The molecule has 1 atom stereocenters. The third-order valence-electron chi connectivity index (χ3n) is 4.23. The van der Waals surface area contributed by atoms with Gasteiger partial charge in [-0.1, -0.05) is 13.3 Å². The topological polar surface area (TPSA) is 129 Å². The first-order chi connectivity index (χ1) is 13.3. The Morgan fingerprint density at radius 2 is 2.04 bits per heavy atom. The number of carbonyl (C=O) groups excluding carboxylic acids is 2. The summed E-state index contributed by atoms with van der Waals surface area (Å²) < 4.78 is 15.6. The van der Waals surface area contributed by atoms with Crippen LogP contribution in [0.1, 0.15) is 38.3 Å². The summed E-state index contributed by atoms with van der Waals surface area (Å²) in [6.45, 7) is 3.82. The summed E-state index contributed by atoms with van der Waals surface area (Å²) >= 11 is 0. The fourth-order valence-corrected chi connectivity index (χ4v) is 2.85. The van der Waals surface area contributed by atoms with Crippen LogP contribution in [0.15, 0.2) is 23.4 Å². The zero-order valence-electron chi connectivity index (χ0n) is 16.2. The van der Waals surface area contributed by atoms with Gasteiger partial charge in [0.2, 0.25) is 5.75 Å². The lowest BCUT2D eigenvalue weighted by atomic mass is 9.94. The van der Waals surface area contributed by atoms with Gasteiger partial charge in [0.15, 0.2) is 5.75 Å². The maximum absolute atomic E-state index is 12.2. The zero-order valence-corrected chi connectivity index (χ0v) is 16.2. The number of unbranched alkanes of at least 4 members (excludes halogenated alkanes) is 1. The van der Waals surface area contributed by atoms with E-state index in [9.17, 15) is 19.7 Å². The van der Waals surface area contributed by atoms with E-state index in [0.29, 0.717) is 17.9 Å². The molecule has 1 aromatic rings. The van der Waals surface area contributed by atoms with E-state index < -0.39 is 23.0 Å². The van der Waals surface area contributed by atoms with E-state index in [2.05, 4.69) is 10.6 Å². The van der Waals surface area contributed by atoms with Crippen molar-refractivity contribution in [2.24, 2.45) is 0 Å². The molecule has 0 aliphatic carbocycles. The van der Waals surface area contributed by atoms with Crippen molar-refractivity contribution in [1.29, 1.82) is 0 Å². The van der Waals surface area contributed by atoms with Gasteiger partial charge in [0.1, 0.15) is 0 Å². The van der Waals surface area contributed by atoms with Crippen molar-refractivity contribution in [3.8, 4) is 11.5 Å². The molecule has 0 fully saturated rings.